The Labute approximate surface area is 105 Å². The lowest BCUT2D eigenvalue weighted by Gasteiger charge is -2.32. The minimum Gasteiger partial charge on any atom is -0.361 e. The summed E-state index contributed by atoms with van der Waals surface area (Å²) in [6, 6.07) is -0.453. The maximum absolute atomic E-state index is 12.5. The van der Waals surface area contributed by atoms with Crippen LogP contribution in [0.1, 0.15) is 35.7 Å². The van der Waals surface area contributed by atoms with E-state index >= 15 is 0 Å². The van der Waals surface area contributed by atoms with Crippen molar-refractivity contribution < 1.29 is 14.1 Å². The van der Waals surface area contributed by atoms with Crippen molar-refractivity contribution in [2.75, 3.05) is 13.1 Å². The summed E-state index contributed by atoms with van der Waals surface area (Å²) in [5, 5.41) is 6.60. The molecule has 1 saturated heterocycles. The number of rotatable bonds is 2. The van der Waals surface area contributed by atoms with E-state index in [0.29, 0.717) is 36.5 Å². The number of carbonyl (C=O) groups is 2. The number of hydrogen-bond donors (Lipinski definition) is 1. The third-order valence-electron chi connectivity index (χ3n) is 3.24. The van der Waals surface area contributed by atoms with Gasteiger partial charge in [-0.15, -0.1) is 0 Å². The maximum Gasteiger partial charge on any atom is 0.260 e. The molecule has 1 fully saturated rings. The van der Waals surface area contributed by atoms with Crippen LogP contribution in [0, 0.1) is 6.92 Å². The zero-order valence-corrected chi connectivity index (χ0v) is 10.8. The van der Waals surface area contributed by atoms with Gasteiger partial charge in [0.15, 0.2) is 0 Å². The van der Waals surface area contributed by atoms with Crippen molar-refractivity contribution in [3.05, 3.63) is 17.0 Å². The molecular formula is C12H17N3O3. The van der Waals surface area contributed by atoms with Crippen molar-refractivity contribution >= 4 is 11.8 Å². The molecule has 1 aromatic heterocycles. The highest BCUT2D eigenvalue weighted by Gasteiger charge is 2.32. The molecule has 6 heteroatoms. The molecule has 0 bridgehead atoms. The van der Waals surface area contributed by atoms with Gasteiger partial charge in [0.2, 0.25) is 5.91 Å². The van der Waals surface area contributed by atoms with E-state index in [1.165, 1.54) is 0 Å². The Hall–Kier alpha value is -1.85. The van der Waals surface area contributed by atoms with Crippen LogP contribution < -0.4 is 5.32 Å². The van der Waals surface area contributed by atoms with Gasteiger partial charge in [-0.25, -0.2) is 0 Å². The van der Waals surface area contributed by atoms with Crippen molar-refractivity contribution in [2.24, 2.45) is 0 Å². The largest absolute Gasteiger partial charge is 0.361 e. The quantitative estimate of drug-likeness (QED) is 0.830. The molecule has 2 heterocycles. The second-order valence-corrected chi connectivity index (χ2v) is 4.38. The molecule has 0 aliphatic carbocycles. The number of hydrogen-bond acceptors (Lipinski definition) is 4. The average molecular weight is 251 g/mol. The van der Waals surface area contributed by atoms with Crippen LogP contribution in [0.3, 0.4) is 0 Å². The van der Waals surface area contributed by atoms with Gasteiger partial charge in [-0.05, 0) is 20.3 Å². The molecule has 1 N–H and O–H groups in total. The Balaban J connectivity index is 2.30. The number of piperazine rings is 1. The summed E-state index contributed by atoms with van der Waals surface area (Å²) in [6.07, 6.45) is 0.632. The molecule has 0 aromatic carbocycles. The number of nitrogens with zero attached hydrogens (tertiary/aromatic N) is 2. The van der Waals surface area contributed by atoms with Gasteiger partial charge in [0.05, 0.1) is 5.69 Å². The lowest BCUT2D eigenvalue weighted by molar-refractivity contribution is -0.127. The molecule has 1 unspecified atom stereocenters. The first-order chi connectivity index (χ1) is 8.56. The highest BCUT2D eigenvalue weighted by Crippen LogP contribution is 2.18. The Kier molecular flexibility index (Phi) is 3.36. The van der Waals surface area contributed by atoms with Gasteiger partial charge in [0, 0.05) is 13.1 Å². The fourth-order valence-corrected chi connectivity index (χ4v) is 2.14. The van der Waals surface area contributed by atoms with Gasteiger partial charge in [-0.3, -0.25) is 9.59 Å². The molecule has 0 radical (unpaired) electrons. The van der Waals surface area contributed by atoms with Gasteiger partial charge in [0.1, 0.15) is 17.4 Å². The van der Waals surface area contributed by atoms with Gasteiger partial charge in [0.25, 0.3) is 5.91 Å². The summed E-state index contributed by atoms with van der Waals surface area (Å²) in [6.45, 7) is 6.36. The summed E-state index contributed by atoms with van der Waals surface area (Å²) in [4.78, 5) is 25.6. The van der Waals surface area contributed by atoms with Crippen LogP contribution in [0.2, 0.25) is 0 Å². The van der Waals surface area contributed by atoms with E-state index in [-0.39, 0.29) is 11.8 Å². The molecule has 1 aromatic rings. The van der Waals surface area contributed by atoms with Crippen LogP contribution in [0.15, 0.2) is 4.52 Å². The van der Waals surface area contributed by atoms with Crippen LogP contribution in [-0.2, 0) is 11.2 Å². The summed E-state index contributed by atoms with van der Waals surface area (Å²) < 4.78 is 5.06. The van der Waals surface area contributed by atoms with E-state index in [0.717, 1.165) is 0 Å². The van der Waals surface area contributed by atoms with Crippen molar-refractivity contribution in [1.29, 1.82) is 0 Å². The van der Waals surface area contributed by atoms with Gasteiger partial charge in [-0.1, -0.05) is 12.1 Å². The zero-order chi connectivity index (χ0) is 13.3. The SMILES string of the molecule is CCc1noc(C)c1C(=O)N1CCNC(=O)C1C. The Bertz CT molecular complexity index is 481. The first-order valence-electron chi connectivity index (χ1n) is 6.10. The number of aromatic nitrogens is 1. The topological polar surface area (TPSA) is 75.4 Å². The summed E-state index contributed by atoms with van der Waals surface area (Å²) in [7, 11) is 0. The molecule has 0 spiro atoms. The molecule has 1 aliphatic heterocycles. The maximum atomic E-state index is 12.5. The van der Waals surface area contributed by atoms with E-state index in [4.69, 9.17) is 4.52 Å². The highest BCUT2D eigenvalue weighted by atomic mass is 16.5. The van der Waals surface area contributed by atoms with Crippen LogP contribution in [0.25, 0.3) is 0 Å². The van der Waals surface area contributed by atoms with Crippen LogP contribution >= 0.6 is 0 Å². The highest BCUT2D eigenvalue weighted by molar-refractivity contribution is 5.99. The smallest absolute Gasteiger partial charge is 0.260 e. The molecule has 6 nitrogen and oxygen atoms in total. The average Bonchev–Trinajstić information content (AvgIpc) is 2.73. The predicted molar refractivity (Wildman–Crippen MR) is 64.1 cm³/mol. The van der Waals surface area contributed by atoms with Gasteiger partial charge in [-0.2, -0.15) is 0 Å². The minimum absolute atomic E-state index is 0.123. The normalized spacial score (nSPS) is 19.8. The molecule has 2 amide bonds. The zero-order valence-electron chi connectivity index (χ0n) is 10.8. The lowest BCUT2D eigenvalue weighted by Crippen LogP contribution is -2.56. The van der Waals surface area contributed by atoms with E-state index in [1.807, 2.05) is 6.92 Å². The van der Waals surface area contributed by atoms with E-state index in [1.54, 1.807) is 18.7 Å². The molecule has 98 valence electrons. The Morgan fingerprint density at radius 1 is 1.61 bits per heavy atom. The first-order valence-corrected chi connectivity index (χ1v) is 6.10. The number of amides is 2. The summed E-state index contributed by atoms with van der Waals surface area (Å²) in [5.74, 6) is 0.213. The van der Waals surface area contributed by atoms with E-state index in [9.17, 15) is 9.59 Å². The van der Waals surface area contributed by atoms with E-state index in [2.05, 4.69) is 10.5 Å². The van der Waals surface area contributed by atoms with Crippen LogP contribution in [0.4, 0.5) is 0 Å². The van der Waals surface area contributed by atoms with Crippen molar-refractivity contribution in [3.63, 3.8) is 0 Å². The number of nitrogens with one attached hydrogen (secondary N) is 1. The Morgan fingerprint density at radius 3 is 3.00 bits per heavy atom. The summed E-state index contributed by atoms with van der Waals surface area (Å²) >= 11 is 0. The monoisotopic (exact) mass is 251 g/mol. The third-order valence-corrected chi connectivity index (χ3v) is 3.24. The fourth-order valence-electron chi connectivity index (χ4n) is 2.14. The van der Waals surface area contributed by atoms with Crippen LogP contribution in [-0.4, -0.2) is 41.0 Å². The predicted octanol–water partition coefficient (Wildman–Crippen LogP) is 0.506. The molecule has 18 heavy (non-hydrogen) atoms. The second-order valence-electron chi connectivity index (χ2n) is 4.38. The second kappa shape index (κ2) is 4.80. The Morgan fingerprint density at radius 2 is 2.33 bits per heavy atom. The number of carbonyl (C=O) groups excluding carboxylic acids is 2. The third kappa shape index (κ3) is 1.98. The molecular weight excluding hydrogens is 234 g/mol. The summed E-state index contributed by atoms with van der Waals surface area (Å²) in [5.41, 5.74) is 1.15. The molecule has 1 atom stereocenters. The van der Waals surface area contributed by atoms with Crippen molar-refractivity contribution in [2.45, 2.75) is 33.2 Å². The standard InChI is InChI=1S/C12H17N3O3/c1-4-9-10(8(3)18-14-9)12(17)15-6-5-13-11(16)7(15)2/h7H,4-6H2,1-3H3,(H,13,16). The molecule has 2 rings (SSSR count). The fraction of sp³-hybridized carbons (Fsp3) is 0.583. The van der Waals surface area contributed by atoms with Gasteiger partial charge >= 0.3 is 0 Å². The van der Waals surface area contributed by atoms with Crippen LogP contribution in [0.5, 0.6) is 0 Å². The lowest BCUT2D eigenvalue weighted by atomic mass is 10.1. The van der Waals surface area contributed by atoms with Crippen molar-refractivity contribution in [3.8, 4) is 0 Å². The van der Waals surface area contributed by atoms with E-state index < -0.39 is 6.04 Å². The molecule has 0 saturated carbocycles. The number of aryl methyl sites for hydroxylation is 2. The van der Waals surface area contributed by atoms with Gasteiger partial charge < -0.3 is 14.7 Å². The minimum atomic E-state index is -0.453. The molecule has 1 aliphatic rings. The first kappa shape index (κ1) is 12.6. The van der Waals surface area contributed by atoms with Crippen molar-refractivity contribution in [1.82, 2.24) is 15.4 Å².